The number of aromatic nitrogens is 1. The quantitative estimate of drug-likeness (QED) is 0.431. The van der Waals surface area contributed by atoms with Gasteiger partial charge in [-0.1, -0.05) is 18.2 Å². The van der Waals surface area contributed by atoms with Gasteiger partial charge in [0.25, 0.3) is 5.91 Å². The standard InChI is InChI=1S/C22H20N2O2S2/c1-14-20(28-21(23-14)18-8-9-27-13-18)22(25)24(2)12-15-4-5-17-11-19(26-3)7-6-16(17)10-15/h4-11,13H,12H2,1-3H3. The van der Waals surface area contributed by atoms with Crippen LogP contribution in [-0.4, -0.2) is 29.9 Å². The van der Waals surface area contributed by atoms with E-state index in [2.05, 4.69) is 28.6 Å². The molecule has 0 aliphatic heterocycles. The van der Waals surface area contributed by atoms with E-state index in [1.165, 1.54) is 11.3 Å². The molecule has 0 aliphatic rings. The van der Waals surface area contributed by atoms with Gasteiger partial charge in [0.05, 0.1) is 12.8 Å². The van der Waals surface area contributed by atoms with Crippen LogP contribution in [-0.2, 0) is 6.54 Å². The van der Waals surface area contributed by atoms with Crippen LogP contribution in [0.1, 0.15) is 20.9 Å². The summed E-state index contributed by atoms with van der Waals surface area (Å²) in [5.41, 5.74) is 2.95. The number of hydrogen-bond acceptors (Lipinski definition) is 5. The monoisotopic (exact) mass is 408 g/mol. The zero-order chi connectivity index (χ0) is 19.7. The van der Waals surface area contributed by atoms with Crippen molar-refractivity contribution in [3.63, 3.8) is 0 Å². The summed E-state index contributed by atoms with van der Waals surface area (Å²) in [6.45, 7) is 2.45. The molecule has 0 radical (unpaired) electrons. The summed E-state index contributed by atoms with van der Waals surface area (Å²) in [5.74, 6) is 0.848. The van der Waals surface area contributed by atoms with E-state index in [1.54, 1.807) is 23.3 Å². The number of aryl methyl sites for hydroxylation is 1. The number of benzene rings is 2. The molecule has 4 aromatic rings. The van der Waals surface area contributed by atoms with Crippen molar-refractivity contribution in [3.05, 3.63) is 69.4 Å². The van der Waals surface area contributed by atoms with Gasteiger partial charge < -0.3 is 9.64 Å². The highest BCUT2D eigenvalue weighted by Crippen LogP contribution is 2.30. The van der Waals surface area contributed by atoms with Gasteiger partial charge >= 0.3 is 0 Å². The number of ether oxygens (including phenoxy) is 1. The predicted molar refractivity (Wildman–Crippen MR) is 116 cm³/mol. The van der Waals surface area contributed by atoms with Crippen LogP contribution in [0.5, 0.6) is 5.75 Å². The van der Waals surface area contributed by atoms with Crippen molar-refractivity contribution in [2.24, 2.45) is 0 Å². The highest BCUT2D eigenvalue weighted by atomic mass is 32.1. The van der Waals surface area contributed by atoms with Crippen molar-refractivity contribution in [3.8, 4) is 16.3 Å². The van der Waals surface area contributed by atoms with Gasteiger partial charge in [-0.15, -0.1) is 11.3 Å². The molecule has 0 unspecified atom stereocenters. The molecule has 0 spiro atoms. The average Bonchev–Trinajstić information content (AvgIpc) is 3.36. The lowest BCUT2D eigenvalue weighted by Crippen LogP contribution is -2.26. The van der Waals surface area contributed by atoms with Crippen LogP contribution in [0.3, 0.4) is 0 Å². The molecule has 0 aliphatic carbocycles. The van der Waals surface area contributed by atoms with Crippen molar-refractivity contribution < 1.29 is 9.53 Å². The number of fused-ring (bicyclic) bond motifs is 1. The van der Waals surface area contributed by atoms with Gasteiger partial charge in [-0.05, 0) is 52.9 Å². The Balaban J connectivity index is 1.54. The van der Waals surface area contributed by atoms with Crippen LogP contribution in [0.4, 0.5) is 0 Å². The molecule has 0 saturated heterocycles. The van der Waals surface area contributed by atoms with E-state index in [0.29, 0.717) is 11.4 Å². The SMILES string of the molecule is COc1ccc2cc(CN(C)C(=O)c3sc(-c4ccsc4)nc3C)ccc2c1. The molecule has 4 rings (SSSR count). The minimum Gasteiger partial charge on any atom is -0.497 e. The molecular weight excluding hydrogens is 388 g/mol. The Morgan fingerprint density at radius 1 is 1.14 bits per heavy atom. The lowest BCUT2D eigenvalue weighted by Gasteiger charge is -2.17. The molecule has 0 bridgehead atoms. The number of nitrogens with zero attached hydrogens (tertiary/aromatic N) is 2. The summed E-state index contributed by atoms with van der Waals surface area (Å²) in [6, 6.07) is 14.3. The van der Waals surface area contributed by atoms with E-state index in [4.69, 9.17) is 4.74 Å². The molecule has 28 heavy (non-hydrogen) atoms. The van der Waals surface area contributed by atoms with Gasteiger partial charge in [0.2, 0.25) is 0 Å². The number of carbonyl (C=O) groups excluding carboxylic acids is 1. The lowest BCUT2D eigenvalue weighted by molar-refractivity contribution is 0.0789. The summed E-state index contributed by atoms with van der Waals surface area (Å²) >= 11 is 3.09. The Bertz CT molecular complexity index is 1130. The fraction of sp³-hybridized carbons (Fsp3) is 0.182. The third kappa shape index (κ3) is 3.66. The first-order chi connectivity index (χ1) is 13.5. The fourth-order valence-corrected chi connectivity index (χ4v) is 4.89. The number of methoxy groups -OCH3 is 1. The topological polar surface area (TPSA) is 42.4 Å². The van der Waals surface area contributed by atoms with Crippen LogP contribution in [0.15, 0.2) is 53.2 Å². The predicted octanol–water partition coefficient (Wildman–Crippen LogP) is 5.61. The summed E-state index contributed by atoms with van der Waals surface area (Å²) in [5, 5.41) is 7.23. The highest BCUT2D eigenvalue weighted by molar-refractivity contribution is 7.17. The summed E-state index contributed by atoms with van der Waals surface area (Å²) < 4.78 is 5.28. The maximum atomic E-state index is 13.0. The maximum absolute atomic E-state index is 13.0. The smallest absolute Gasteiger partial charge is 0.265 e. The second kappa shape index (κ2) is 7.73. The minimum absolute atomic E-state index is 0.00584. The van der Waals surface area contributed by atoms with E-state index in [0.717, 1.165) is 38.4 Å². The van der Waals surface area contributed by atoms with Crippen molar-refractivity contribution >= 4 is 39.4 Å². The molecule has 2 heterocycles. The number of carbonyl (C=O) groups is 1. The number of thiophene rings is 1. The molecule has 142 valence electrons. The number of amides is 1. The van der Waals surface area contributed by atoms with Crippen molar-refractivity contribution in [1.29, 1.82) is 0 Å². The molecule has 2 aromatic heterocycles. The third-order valence-corrected chi connectivity index (χ3v) is 6.51. The van der Waals surface area contributed by atoms with Crippen molar-refractivity contribution in [2.45, 2.75) is 13.5 Å². The zero-order valence-electron chi connectivity index (χ0n) is 15.9. The Hall–Kier alpha value is -2.70. The Labute approximate surface area is 172 Å². The molecule has 2 aromatic carbocycles. The van der Waals surface area contributed by atoms with E-state index >= 15 is 0 Å². The third-order valence-electron chi connectivity index (χ3n) is 4.64. The van der Waals surface area contributed by atoms with Gasteiger partial charge in [0, 0.05) is 24.5 Å². The Morgan fingerprint density at radius 2 is 1.93 bits per heavy atom. The average molecular weight is 409 g/mol. The fourth-order valence-electron chi connectivity index (χ4n) is 3.12. The van der Waals surface area contributed by atoms with Crippen LogP contribution in [0.25, 0.3) is 21.3 Å². The van der Waals surface area contributed by atoms with Gasteiger partial charge in [-0.2, -0.15) is 11.3 Å². The Kier molecular flexibility index (Phi) is 5.15. The first kappa shape index (κ1) is 18.7. The van der Waals surface area contributed by atoms with Crippen LogP contribution in [0.2, 0.25) is 0 Å². The second-order valence-electron chi connectivity index (χ2n) is 6.65. The first-order valence-corrected chi connectivity index (χ1v) is 10.6. The van der Waals surface area contributed by atoms with Crippen LogP contribution >= 0.6 is 22.7 Å². The van der Waals surface area contributed by atoms with Gasteiger partial charge in [-0.3, -0.25) is 4.79 Å². The van der Waals surface area contributed by atoms with E-state index in [9.17, 15) is 4.79 Å². The molecule has 0 atom stereocenters. The second-order valence-corrected chi connectivity index (χ2v) is 8.43. The Morgan fingerprint density at radius 3 is 2.68 bits per heavy atom. The van der Waals surface area contributed by atoms with Crippen molar-refractivity contribution in [2.75, 3.05) is 14.2 Å². The largest absolute Gasteiger partial charge is 0.497 e. The molecule has 0 N–H and O–H groups in total. The minimum atomic E-state index is 0.00584. The summed E-state index contributed by atoms with van der Waals surface area (Å²) in [7, 11) is 3.51. The molecule has 0 fully saturated rings. The number of hydrogen-bond donors (Lipinski definition) is 0. The molecule has 6 heteroatoms. The number of thiazole rings is 1. The molecule has 4 nitrogen and oxygen atoms in total. The van der Waals surface area contributed by atoms with Gasteiger partial charge in [0.1, 0.15) is 15.6 Å². The van der Waals surface area contributed by atoms with E-state index in [1.807, 2.05) is 43.6 Å². The zero-order valence-corrected chi connectivity index (χ0v) is 17.6. The van der Waals surface area contributed by atoms with Gasteiger partial charge in [-0.25, -0.2) is 4.98 Å². The molecule has 0 saturated carbocycles. The first-order valence-electron chi connectivity index (χ1n) is 8.87. The van der Waals surface area contributed by atoms with Gasteiger partial charge in [0.15, 0.2) is 0 Å². The molecule has 1 amide bonds. The maximum Gasteiger partial charge on any atom is 0.265 e. The van der Waals surface area contributed by atoms with Crippen molar-refractivity contribution in [1.82, 2.24) is 9.88 Å². The lowest BCUT2D eigenvalue weighted by atomic mass is 10.1. The van der Waals surface area contributed by atoms with E-state index < -0.39 is 0 Å². The molecular formula is C22H20N2O2S2. The van der Waals surface area contributed by atoms with Crippen LogP contribution < -0.4 is 4.74 Å². The van der Waals surface area contributed by atoms with Crippen LogP contribution in [0, 0.1) is 6.92 Å². The normalized spacial score (nSPS) is 11.0. The van der Waals surface area contributed by atoms with E-state index in [-0.39, 0.29) is 5.91 Å². The number of rotatable bonds is 5. The summed E-state index contributed by atoms with van der Waals surface area (Å²) in [6.07, 6.45) is 0. The highest BCUT2D eigenvalue weighted by Gasteiger charge is 2.20. The summed E-state index contributed by atoms with van der Waals surface area (Å²) in [4.78, 5) is 20.0.